The van der Waals surface area contributed by atoms with Crippen LogP contribution in [-0.4, -0.2) is 50.3 Å². The fourth-order valence-electron chi connectivity index (χ4n) is 1.97. The van der Waals surface area contributed by atoms with Gasteiger partial charge in [-0.3, -0.25) is 13.9 Å². The third-order valence-electron chi connectivity index (χ3n) is 2.82. The van der Waals surface area contributed by atoms with Gasteiger partial charge in [-0.1, -0.05) is 0 Å². The van der Waals surface area contributed by atoms with Crippen molar-refractivity contribution in [3.63, 3.8) is 0 Å². The van der Waals surface area contributed by atoms with Crippen molar-refractivity contribution in [2.24, 2.45) is 0 Å². The average molecular weight is 261 g/mol. The molecule has 2 rings (SSSR count). The summed E-state index contributed by atoms with van der Waals surface area (Å²) in [5, 5.41) is 0.782. The molecule has 9 heteroatoms. The Hall–Kier alpha value is -1.37. The molecule has 2 atom stereocenters. The third kappa shape index (κ3) is 2.06. The molecule has 0 aromatic heterocycles. The minimum atomic E-state index is -4.20. The number of hydroxylamine groups is 2. The van der Waals surface area contributed by atoms with Crippen molar-refractivity contribution in [3.8, 4) is 0 Å². The first-order chi connectivity index (χ1) is 7.98. The summed E-state index contributed by atoms with van der Waals surface area (Å²) in [6.45, 7) is 7.26. The number of amides is 2. The Kier molecular flexibility index (Phi) is 2.94. The van der Waals surface area contributed by atoms with Crippen LogP contribution in [0.25, 0.3) is 4.85 Å². The van der Waals surface area contributed by atoms with Crippen LogP contribution in [0.2, 0.25) is 0 Å². The van der Waals surface area contributed by atoms with Gasteiger partial charge in [-0.25, -0.2) is 11.4 Å². The Labute approximate surface area is 98.8 Å². The van der Waals surface area contributed by atoms with Crippen LogP contribution < -0.4 is 0 Å². The summed E-state index contributed by atoms with van der Waals surface area (Å²) in [5.74, 6) is 0. The van der Waals surface area contributed by atoms with Crippen LogP contribution in [0, 0.1) is 6.57 Å². The number of fused-ring (bicyclic) bond motifs is 2. The molecule has 0 spiro atoms. The largest absolute Gasteiger partial charge is 0.420 e. The van der Waals surface area contributed by atoms with Crippen molar-refractivity contribution in [3.05, 3.63) is 11.4 Å². The first-order valence-electron chi connectivity index (χ1n) is 4.95. The Balaban J connectivity index is 2.17. The Morgan fingerprint density at radius 2 is 2.18 bits per heavy atom. The Morgan fingerprint density at radius 1 is 1.47 bits per heavy atom. The monoisotopic (exact) mass is 261 g/mol. The Morgan fingerprint density at radius 3 is 2.76 bits per heavy atom. The first-order valence-corrected chi connectivity index (χ1v) is 6.28. The van der Waals surface area contributed by atoms with E-state index < -0.39 is 22.6 Å². The van der Waals surface area contributed by atoms with Crippen LogP contribution in [-0.2, 0) is 18.9 Å². The molecule has 0 aromatic carbocycles. The van der Waals surface area contributed by atoms with E-state index in [1.165, 1.54) is 4.90 Å². The average Bonchev–Trinajstić information content (AvgIpc) is 2.55. The van der Waals surface area contributed by atoms with Crippen LogP contribution >= 0.6 is 0 Å². The van der Waals surface area contributed by atoms with Crippen LogP contribution in [0.1, 0.15) is 12.8 Å². The van der Waals surface area contributed by atoms with Gasteiger partial charge in [0.05, 0.1) is 19.7 Å². The second-order valence-electron chi connectivity index (χ2n) is 3.75. The molecule has 0 aliphatic carbocycles. The van der Waals surface area contributed by atoms with Gasteiger partial charge in [-0.05, 0) is 6.42 Å². The van der Waals surface area contributed by atoms with Crippen molar-refractivity contribution >= 4 is 16.4 Å². The molecular weight excluding hydrogens is 250 g/mol. The van der Waals surface area contributed by atoms with Crippen molar-refractivity contribution < 1.29 is 21.7 Å². The van der Waals surface area contributed by atoms with Crippen LogP contribution in [0.5, 0.6) is 0 Å². The van der Waals surface area contributed by atoms with Gasteiger partial charge in [0, 0.05) is 6.42 Å². The van der Waals surface area contributed by atoms with Crippen molar-refractivity contribution in [1.29, 1.82) is 0 Å². The molecule has 2 aliphatic heterocycles. The summed E-state index contributed by atoms with van der Waals surface area (Å²) in [4.78, 5) is 16.4. The van der Waals surface area contributed by atoms with Crippen molar-refractivity contribution in [2.75, 3.05) is 13.7 Å². The van der Waals surface area contributed by atoms with E-state index in [1.54, 1.807) is 0 Å². The topological polar surface area (TPSA) is 80.5 Å². The lowest BCUT2D eigenvalue weighted by Gasteiger charge is -2.21. The molecule has 2 bridgehead atoms. The molecular formula is C8H11N3O5S. The summed E-state index contributed by atoms with van der Waals surface area (Å²) in [6.07, 6.45) is 0.527. The molecule has 17 heavy (non-hydrogen) atoms. The van der Waals surface area contributed by atoms with Gasteiger partial charge in [0.2, 0.25) is 0 Å². The van der Waals surface area contributed by atoms with E-state index >= 15 is 0 Å². The maximum atomic E-state index is 11.8. The third-order valence-corrected chi connectivity index (χ3v) is 3.57. The number of urea groups is 1. The summed E-state index contributed by atoms with van der Waals surface area (Å²) in [7, 11) is -3.25. The first kappa shape index (κ1) is 12.1. The SMILES string of the molecule is [C-]#[N+][C@@H]1CC[C@@H]2CN1C(=O)N2OS(=O)(=O)OC. The van der Waals surface area contributed by atoms with E-state index in [1.807, 2.05) is 0 Å². The van der Waals surface area contributed by atoms with Crippen LogP contribution in [0.15, 0.2) is 0 Å². The predicted octanol–water partition coefficient (Wildman–Crippen LogP) is -0.0454. The molecule has 2 heterocycles. The van der Waals surface area contributed by atoms with Gasteiger partial charge in [-0.2, -0.15) is 13.5 Å². The van der Waals surface area contributed by atoms with Gasteiger partial charge in [0.25, 0.3) is 0 Å². The quantitative estimate of drug-likeness (QED) is 0.666. The number of carbonyl (C=O) groups is 1. The van der Waals surface area contributed by atoms with E-state index in [0.29, 0.717) is 19.4 Å². The number of rotatable bonds is 3. The van der Waals surface area contributed by atoms with E-state index in [0.717, 1.165) is 12.2 Å². The van der Waals surface area contributed by atoms with Gasteiger partial charge < -0.3 is 0 Å². The predicted molar refractivity (Wildman–Crippen MR) is 54.4 cm³/mol. The molecule has 2 fully saturated rings. The number of carbonyl (C=O) groups excluding carboxylic acids is 1. The number of hydrogen-bond acceptors (Lipinski definition) is 5. The zero-order chi connectivity index (χ0) is 12.6. The lowest BCUT2D eigenvalue weighted by Crippen LogP contribution is -2.37. The molecule has 0 N–H and O–H groups in total. The molecule has 94 valence electrons. The van der Waals surface area contributed by atoms with Gasteiger partial charge in [-0.15, -0.1) is 4.28 Å². The standard InChI is InChI=1S/C8H11N3O5S/c1-9-7-4-3-6-5-10(7)8(12)11(6)16-17(13,14)15-2/h6-7H,3-5H2,2H3/t6-,7+/m1/s1. The molecule has 0 unspecified atom stereocenters. The second-order valence-corrected chi connectivity index (χ2v) is 5.05. The van der Waals surface area contributed by atoms with E-state index in [2.05, 4.69) is 13.3 Å². The molecule has 0 aromatic rings. The summed E-state index contributed by atoms with van der Waals surface area (Å²) in [5.41, 5.74) is 0. The van der Waals surface area contributed by atoms with Gasteiger partial charge >= 0.3 is 22.6 Å². The molecule has 0 saturated carbocycles. The van der Waals surface area contributed by atoms with E-state index in [-0.39, 0.29) is 6.04 Å². The zero-order valence-corrected chi connectivity index (χ0v) is 9.88. The number of hydrogen-bond donors (Lipinski definition) is 0. The van der Waals surface area contributed by atoms with Crippen LogP contribution in [0.4, 0.5) is 4.79 Å². The maximum absolute atomic E-state index is 11.8. The molecule has 2 amide bonds. The summed E-state index contributed by atoms with van der Waals surface area (Å²) >= 11 is 0. The zero-order valence-electron chi connectivity index (χ0n) is 9.07. The number of nitrogens with zero attached hydrogens (tertiary/aromatic N) is 3. The highest BCUT2D eigenvalue weighted by Crippen LogP contribution is 2.31. The molecule has 8 nitrogen and oxygen atoms in total. The highest BCUT2D eigenvalue weighted by molar-refractivity contribution is 7.81. The fourth-order valence-corrected chi connectivity index (χ4v) is 2.42. The summed E-state index contributed by atoms with van der Waals surface area (Å²) in [6, 6.07) is -0.945. The van der Waals surface area contributed by atoms with Gasteiger partial charge in [0.1, 0.15) is 0 Å². The summed E-state index contributed by atoms with van der Waals surface area (Å²) < 4.78 is 30.9. The fraction of sp³-hybridized carbons (Fsp3) is 0.750. The highest BCUT2D eigenvalue weighted by Gasteiger charge is 2.50. The van der Waals surface area contributed by atoms with Crippen molar-refractivity contribution in [1.82, 2.24) is 9.96 Å². The van der Waals surface area contributed by atoms with E-state index in [9.17, 15) is 13.2 Å². The van der Waals surface area contributed by atoms with Crippen molar-refractivity contribution in [2.45, 2.75) is 25.0 Å². The minimum Gasteiger partial charge on any atom is -0.290 e. The smallest absolute Gasteiger partial charge is 0.290 e. The van der Waals surface area contributed by atoms with Crippen LogP contribution in [0.3, 0.4) is 0 Å². The van der Waals surface area contributed by atoms with E-state index in [4.69, 9.17) is 6.57 Å². The lowest BCUT2D eigenvalue weighted by atomic mass is 10.1. The number of piperidine rings is 1. The molecule has 2 saturated heterocycles. The normalized spacial score (nSPS) is 28.4. The van der Waals surface area contributed by atoms with Gasteiger partial charge in [0.15, 0.2) is 0 Å². The maximum Gasteiger partial charge on any atom is 0.420 e. The lowest BCUT2D eigenvalue weighted by molar-refractivity contribution is -0.0341. The molecule has 2 aliphatic rings. The Bertz CT molecular complexity index is 470. The minimum absolute atomic E-state index is 0.311. The second kappa shape index (κ2) is 4.14. The molecule has 0 radical (unpaired) electrons. The highest BCUT2D eigenvalue weighted by atomic mass is 32.3.